The fraction of sp³-hybridized carbons (Fsp3) is 0.625. The summed E-state index contributed by atoms with van der Waals surface area (Å²) in [7, 11) is 0. The molecule has 1 N–H and O–H groups in total. The van der Waals surface area contributed by atoms with Crippen LogP contribution in [0.1, 0.15) is 56.7 Å². The third-order valence-corrected chi connectivity index (χ3v) is 4.00. The van der Waals surface area contributed by atoms with Crippen LogP contribution in [0.5, 0.6) is 0 Å². The first-order chi connectivity index (χ1) is 8.36. The molecular formula is C16H25N. The third-order valence-electron chi connectivity index (χ3n) is 4.00. The molecule has 0 bridgehead atoms. The average Bonchev–Trinajstić information content (AvgIpc) is 2.38. The van der Waals surface area contributed by atoms with Crippen LogP contribution in [-0.2, 0) is 6.42 Å². The topological polar surface area (TPSA) is 12.0 Å². The van der Waals surface area contributed by atoms with E-state index in [2.05, 4.69) is 43.4 Å². The Bertz CT molecular complexity index is 345. The summed E-state index contributed by atoms with van der Waals surface area (Å²) in [5.41, 5.74) is 3.12. The lowest BCUT2D eigenvalue weighted by molar-refractivity contribution is 0.300. The van der Waals surface area contributed by atoms with Gasteiger partial charge in [-0.05, 0) is 42.9 Å². The number of benzene rings is 1. The van der Waals surface area contributed by atoms with Gasteiger partial charge < -0.3 is 5.32 Å². The molecule has 1 nitrogen and oxygen atoms in total. The quantitative estimate of drug-likeness (QED) is 0.805. The summed E-state index contributed by atoms with van der Waals surface area (Å²) in [6.45, 7) is 5.58. The van der Waals surface area contributed by atoms with Crippen molar-refractivity contribution >= 4 is 0 Å². The van der Waals surface area contributed by atoms with Crippen molar-refractivity contribution in [3.8, 4) is 0 Å². The van der Waals surface area contributed by atoms with Gasteiger partial charge in [0.2, 0.25) is 0 Å². The summed E-state index contributed by atoms with van der Waals surface area (Å²) in [5.74, 6) is 0.838. The van der Waals surface area contributed by atoms with Crippen molar-refractivity contribution in [3.05, 3.63) is 35.4 Å². The number of fused-ring (bicyclic) bond motifs is 1. The van der Waals surface area contributed by atoms with Gasteiger partial charge in [-0.2, -0.15) is 0 Å². The molecule has 1 heteroatoms. The Morgan fingerprint density at radius 2 is 2.06 bits per heavy atom. The summed E-state index contributed by atoms with van der Waals surface area (Å²) >= 11 is 0. The lowest BCUT2D eigenvalue weighted by atomic mass is 9.77. The van der Waals surface area contributed by atoms with Crippen molar-refractivity contribution in [2.75, 3.05) is 6.54 Å². The van der Waals surface area contributed by atoms with Gasteiger partial charge in [0.25, 0.3) is 0 Å². The Morgan fingerprint density at radius 1 is 1.24 bits per heavy atom. The van der Waals surface area contributed by atoms with Gasteiger partial charge in [0.15, 0.2) is 0 Å². The summed E-state index contributed by atoms with van der Waals surface area (Å²) in [6.07, 6.45) is 6.69. The smallest absolute Gasteiger partial charge is 0.0351 e. The molecule has 17 heavy (non-hydrogen) atoms. The summed E-state index contributed by atoms with van der Waals surface area (Å²) < 4.78 is 0. The van der Waals surface area contributed by atoms with Crippen molar-refractivity contribution < 1.29 is 0 Å². The van der Waals surface area contributed by atoms with Crippen LogP contribution >= 0.6 is 0 Å². The van der Waals surface area contributed by atoms with E-state index in [4.69, 9.17) is 0 Å². The highest BCUT2D eigenvalue weighted by atomic mass is 14.9. The molecule has 2 atom stereocenters. The first-order valence-electron chi connectivity index (χ1n) is 7.18. The molecule has 1 aliphatic rings. The van der Waals surface area contributed by atoms with E-state index in [0.29, 0.717) is 6.04 Å². The van der Waals surface area contributed by atoms with E-state index in [-0.39, 0.29) is 0 Å². The van der Waals surface area contributed by atoms with Crippen LogP contribution in [0.2, 0.25) is 0 Å². The van der Waals surface area contributed by atoms with E-state index in [9.17, 15) is 0 Å². The van der Waals surface area contributed by atoms with E-state index in [1.165, 1.54) is 32.1 Å². The second-order valence-corrected chi connectivity index (χ2v) is 5.18. The summed E-state index contributed by atoms with van der Waals surface area (Å²) in [4.78, 5) is 0. The van der Waals surface area contributed by atoms with Crippen LogP contribution in [-0.4, -0.2) is 6.54 Å². The van der Waals surface area contributed by atoms with E-state index in [1.54, 1.807) is 11.1 Å². The van der Waals surface area contributed by atoms with Crippen LogP contribution in [0.15, 0.2) is 24.3 Å². The van der Waals surface area contributed by atoms with Gasteiger partial charge in [-0.15, -0.1) is 0 Å². The van der Waals surface area contributed by atoms with Crippen LogP contribution in [0.4, 0.5) is 0 Å². The maximum atomic E-state index is 3.70. The van der Waals surface area contributed by atoms with Gasteiger partial charge in [0.1, 0.15) is 0 Å². The summed E-state index contributed by atoms with van der Waals surface area (Å²) in [5, 5.41) is 3.70. The highest BCUT2D eigenvalue weighted by molar-refractivity contribution is 5.33. The second-order valence-electron chi connectivity index (χ2n) is 5.18. The Labute approximate surface area is 106 Å². The van der Waals surface area contributed by atoms with E-state index < -0.39 is 0 Å². The van der Waals surface area contributed by atoms with Crippen molar-refractivity contribution in [1.82, 2.24) is 5.32 Å². The molecule has 1 aliphatic carbocycles. The fourth-order valence-corrected chi connectivity index (χ4v) is 3.10. The molecule has 94 valence electrons. The SMILES string of the molecule is CCCCC1CCc2ccccc2C1NCC. The highest BCUT2D eigenvalue weighted by Gasteiger charge is 2.27. The lowest BCUT2D eigenvalue weighted by Gasteiger charge is -2.34. The Hall–Kier alpha value is -0.820. The van der Waals surface area contributed by atoms with Gasteiger partial charge in [-0.1, -0.05) is 51.0 Å². The standard InChI is InChI=1S/C16H25N/c1-3-5-8-14-12-11-13-9-6-7-10-15(13)16(14)17-4-2/h6-7,9-10,14,16-17H,3-5,8,11-12H2,1-2H3. The maximum absolute atomic E-state index is 3.70. The molecule has 0 radical (unpaired) electrons. The predicted molar refractivity (Wildman–Crippen MR) is 74.2 cm³/mol. The molecule has 0 amide bonds. The molecule has 0 saturated carbocycles. The van der Waals surface area contributed by atoms with Gasteiger partial charge >= 0.3 is 0 Å². The van der Waals surface area contributed by atoms with Crippen LogP contribution in [0.25, 0.3) is 0 Å². The zero-order valence-corrected chi connectivity index (χ0v) is 11.2. The zero-order chi connectivity index (χ0) is 12.1. The molecule has 0 spiro atoms. The molecule has 2 rings (SSSR count). The van der Waals surface area contributed by atoms with Gasteiger partial charge in [0.05, 0.1) is 0 Å². The first-order valence-corrected chi connectivity index (χ1v) is 7.18. The summed E-state index contributed by atoms with van der Waals surface area (Å²) in [6, 6.07) is 9.58. The number of hydrogen-bond donors (Lipinski definition) is 1. The molecule has 0 fully saturated rings. The molecule has 0 heterocycles. The number of unbranched alkanes of at least 4 members (excludes halogenated alkanes) is 1. The van der Waals surface area contributed by atoms with Crippen LogP contribution < -0.4 is 5.32 Å². The van der Waals surface area contributed by atoms with E-state index in [1.807, 2.05) is 0 Å². The molecule has 0 aromatic heterocycles. The number of rotatable bonds is 5. The predicted octanol–water partition coefficient (Wildman–Crippen LogP) is 4.09. The molecule has 1 aromatic rings. The number of hydrogen-bond acceptors (Lipinski definition) is 1. The minimum Gasteiger partial charge on any atom is -0.310 e. The first kappa shape index (κ1) is 12.6. The zero-order valence-electron chi connectivity index (χ0n) is 11.2. The Kier molecular flexibility index (Phi) is 4.61. The number of aryl methyl sites for hydroxylation is 1. The Balaban J connectivity index is 2.16. The monoisotopic (exact) mass is 231 g/mol. The van der Waals surface area contributed by atoms with Crippen LogP contribution in [0.3, 0.4) is 0 Å². The average molecular weight is 231 g/mol. The maximum Gasteiger partial charge on any atom is 0.0351 e. The van der Waals surface area contributed by atoms with Crippen LogP contribution in [0, 0.1) is 5.92 Å². The molecule has 2 unspecified atom stereocenters. The van der Waals surface area contributed by atoms with Gasteiger partial charge in [-0.3, -0.25) is 0 Å². The fourth-order valence-electron chi connectivity index (χ4n) is 3.10. The Morgan fingerprint density at radius 3 is 2.82 bits per heavy atom. The van der Waals surface area contributed by atoms with Crippen molar-refractivity contribution in [2.45, 2.75) is 52.0 Å². The minimum atomic E-state index is 0.594. The molecule has 1 aromatic carbocycles. The lowest BCUT2D eigenvalue weighted by Crippen LogP contribution is -2.32. The largest absolute Gasteiger partial charge is 0.310 e. The number of nitrogens with one attached hydrogen (secondary N) is 1. The van der Waals surface area contributed by atoms with Crippen molar-refractivity contribution in [1.29, 1.82) is 0 Å². The molecule has 0 aliphatic heterocycles. The second kappa shape index (κ2) is 6.20. The van der Waals surface area contributed by atoms with Crippen molar-refractivity contribution in [3.63, 3.8) is 0 Å². The van der Waals surface area contributed by atoms with Gasteiger partial charge in [-0.25, -0.2) is 0 Å². The minimum absolute atomic E-state index is 0.594. The van der Waals surface area contributed by atoms with Gasteiger partial charge in [0, 0.05) is 6.04 Å². The third kappa shape index (κ3) is 2.90. The normalized spacial score (nSPS) is 23.4. The highest BCUT2D eigenvalue weighted by Crippen LogP contribution is 2.36. The van der Waals surface area contributed by atoms with Crippen molar-refractivity contribution in [2.24, 2.45) is 5.92 Å². The molecule has 0 saturated heterocycles. The van der Waals surface area contributed by atoms with E-state index >= 15 is 0 Å². The molecular weight excluding hydrogens is 206 g/mol. The van der Waals surface area contributed by atoms with E-state index in [0.717, 1.165) is 12.5 Å².